The van der Waals surface area contributed by atoms with E-state index in [0.717, 1.165) is 44.1 Å². The highest BCUT2D eigenvalue weighted by Crippen LogP contribution is 2.14. The van der Waals surface area contributed by atoms with E-state index in [0.29, 0.717) is 18.6 Å². The number of rotatable bonds is 10. The molecule has 0 aliphatic heterocycles. The molecule has 1 aromatic rings. The highest BCUT2D eigenvalue weighted by atomic mass is 16.6. The Balaban J connectivity index is 2.01. The molecule has 0 radical (unpaired) electrons. The zero-order valence-electron chi connectivity index (χ0n) is 14.5. The standard InChI is InChI=1S/C19H28O4/c1-19(2,3)23-18(21)12-7-5-4-6-8-13-22-17-11-9-10-16(14-17)15-20/h9-11,14-15H,4-8,12-13H2,1-3H3. The lowest BCUT2D eigenvalue weighted by molar-refractivity contribution is -0.154. The molecule has 0 fully saturated rings. The molecule has 0 heterocycles. The van der Waals surface area contributed by atoms with E-state index in [4.69, 9.17) is 9.47 Å². The van der Waals surface area contributed by atoms with Gasteiger partial charge >= 0.3 is 5.97 Å². The van der Waals surface area contributed by atoms with Gasteiger partial charge < -0.3 is 9.47 Å². The van der Waals surface area contributed by atoms with Crippen LogP contribution in [0.4, 0.5) is 0 Å². The molecule has 0 saturated heterocycles. The zero-order valence-corrected chi connectivity index (χ0v) is 14.5. The molecule has 0 unspecified atom stereocenters. The van der Waals surface area contributed by atoms with Crippen LogP contribution in [-0.4, -0.2) is 24.5 Å². The van der Waals surface area contributed by atoms with Crippen molar-refractivity contribution in [2.24, 2.45) is 0 Å². The molecular weight excluding hydrogens is 292 g/mol. The van der Waals surface area contributed by atoms with Gasteiger partial charge in [0.15, 0.2) is 0 Å². The minimum absolute atomic E-state index is 0.115. The maximum atomic E-state index is 11.5. The van der Waals surface area contributed by atoms with E-state index in [2.05, 4.69) is 0 Å². The lowest BCUT2D eigenvalue weighted by Gasteiger charge is -2.19. The first-order valence-corrected chi connectivity index (χ1v) is 8.30. The summed E-state index contributed by atoms with van der Waals surface area (Å²) in [7, 11) is 0. The summed E-state index contributed by atoms with van der Waals surface area (Å²) in [5.74, 6) is 0.621. The number of unbranched alkanes of at least 4 members (excludes halogenated alkanes) is 4. The van der Waals surface area contributed by atoms with Gasteiger partial charge in [0.25, 0.3) is 0 Å². The van der Waals surface area contributed by atoms with Gasteiger partial charge in [-0.2, -0.15) is 0 Å². The predicted molar refractivity (Wildman–Crippen MR) is 90.9 cm³/mol. The normalized spacial score (nSPS) is 11.1. The fourth-order valence-corrected chi connectivity index (χ4v) is 2.16. The Morgan fingerprint density at radius 1 is 1.09 bits per heavy atom. The van der Waals surface area contributed by atoms with Crippen LogP contribution in [0.5, 0.6) is 5.75 Å². The van der Waals surface area contributed by atoms with Crippen LogP contribution in [0, 0.1) is 0 Å². The molecule has 1 rings (SSSR count). The maximum absolute atomic E-state index is 11.5. The molecule has 0 amide bonds. The minimum Gasteiger partial charge on any atom is -0.494 e. The molecular formula is C19H28O4. The third-order valence-electron chi connectivity index (χ3n) is 3.21. The Morgan fingerprint density at radius 2 is 1.78 bits per heavy atom. The topological polar surface area (TPSA) is 52.6 Å². The van der Waals surface area contributed by atoms with Crippen LogP contribution in [0.25, 0.3) is 0 Å². The van der Waals surface area contributed by atoms with Gasteiger partial charge in [0.1, 0.15) is 17.6 Å². The molecule has 128 valence electrons. The van der Waals surface area contributed by atoms with Crippen LogP contribution < -0.4 is 4.74 Å². The van der Waals surface area contributed by atoms with Gasteiger partial charge in [-0.1, -0.05) is 31.4 Å². The monoisotopic (exact) mass is 320 g/mol. The fraction of sp³-hybridized carbons (Fsp3) is 0.579. The highest BCUT2D eigenvalue weighted by Gasteiger charge is 2.15. The van der Waals surface area contributed by atoms with Gasteiger partial charge in [0, 0.05) is 12.0 Å². The first-order valence-electron chi connectivity index (χ1n) is 8.30. The number of hydrogen-bond donors (Lipinski definition) is 0. The van der Waals surface area contributed by atoms with Crippen molar-refractivity contribution in [2.45, 2.75) is 64.9 Å². The molecule has 4 nitrogen and oxygen atoms in total. The zero-order chi connectivity index (χ0) is 17.1. The third-order valence-corrected chi connectivity index (χ3v) is 3.21. The molecule has 0 aliphatic carbocycles. The lowest BCUT2D eigenvalue weighted by Crippen LogP contribution is -2.23. The Kier molecular flexibility index (Phi) is 8.38. The highest BCUT2D eigenvalue weighted by molar-refractivity contribution is 5.75. The van der Waals surface area contributed by atoms with Gasteiger partial charge in [-0.05, 0) is 45.7 Å². The molecule has 23 heavy (non-hydrogen) atoms. The number of aldehydes is 1. The summed E-state index contributed by atoms with van der Waals surface area (Å²) in [6.45, 7) is 6.30. The first-order chi connectivity index (χ1) is 10.9. The van der Waals surface area contributed by atoms with Crippen LogP contribution in [0.2, 0.25) is 0 Å². The second kappa shape index (κ2) is 10.0. The third kappa shape index (κ3) is 9.72. The molecule has 0 spiro atoms. The number of hydrogen-bond acceptors (Lipinski definition) is 4. The average Bonchev–Trinajstić information content (AvgIpc) is 2.48. The second-order valence-electron chi connectivity index (χ2n) is 6.64. The minimum atomic E-state index is -0.393. The Labute approximate surface area is 139 Å². The van der Waals surface area contributed by atoms with Gasteiger partial charge in [-0.3, -0.25) is 9.59 Å². The molecule has 0 aromatic heterocycles. The molecule has 0 bridgehead atoms. The largest absolute Gasteiger partial charge is 0.494 e. The van der Waals surface area contributed by atoms with E-state index < -0.39 is 5.60 Å². The summed E-state index contributed by atoms with van der Waals surface area (Å²) >= 11 is 0. The van der Waals surface area contributed by atoms with E-state index in [1.54, 1.807) is 12.1 Å². The van der Waals surface area contributed by atoms with Crippen molar-refractivity contribution in [3.8, 4) is 5.75 Å². The molecule has 4 heteroatoms. The van der Waals surface area contributed by atoms with Crippen molar-refractivity contribution >= 4 is 12.3 Å². The first kappa shape index (κ1) is 19.2. The molecule has 0 saturated carbocycles. The average molecular weight is 320 g/mol. The fourth-order valence-electron chi connectivity index (χ4n) is 2.16. The quantitative estimate of drug-likeness (QED) is 0.360. The molecule has 0 aliphatic rings. The Morgan fingerprint density at radius 3 is 2.48 bits per heavy atom. The van der Waals surface area contributed by atoms with E-state index >= 15 is 0 Å². The summed E-state index contributed by atoms with van der Waals surface area (Å²) in [6.07, 6.45) is 6.33. The molecule has 0 N–H and O–H groups in total. The Hall–Kier alpha value is -1.84. The summed E-state index contributed by atoms with van der Waals surface area (Å²) in [6, 6.07) is 7.17. The number of carbonyl (C=O) groups is 2. The van der Waals surface area contributed by atoms with Crippen molar-refractivity contribution in [3.63, 3.8) is 0 Å². The van der Waals surface area contributed by atoms with Gasteiger partial charge in [-0.25, -0.2) is 0 Å². The summed E-state index contributed by atoms with van der Waals surface area (Å²) < 4.78 is 10.9. The lowest BCUT2D eigenvalue weighted by atomic mass is 10.1. The molecule has 0 atom stereocenters. The van der Waals surface area contributed by atoms with E-state index in [-0.39, 0.29) is 5.97 Å². The van der Waals surface area contributed by atoms with Crippen LogP contribution in [0.15, 0.2) is 24.3 Å². The second-order valence-corrected chi connectivity index (χ2v) is 6.64. The number of carbonyl (C=O) groups excluding carboxylic acids is 2. The predicted octanol–water partition coefficient (Wildman–Crippen LogP) is 4.56. The molecule has 1 aromatic carbocycles. The number of esters is 1. The van der Waals surface area contributed by atoms with E-state index in [1.165, 1.54) is 0 Å². The number of ether oxygens (including phenoxy) is 2. The van der Waals surface area contributed by atoms with Crippen LogP contribution in [-0.2, 0) is 9.53 Å². The van der Waals surface area contributed by atoms with E-state index in [1.807, 2.05) is 32.9 Å². The van der Waals surface area contributed by atoms with Crippen molar-refractivity contribution < 1.29 is 19.1 Å². The van der Waals surface area contributed by atoms with Crippen LogP contribution in [0.3, 0.4) is 0 Å². The van der Waals surface area contributed by atoms with Gasteiger partial charge in [-0.15, -0.1) is 0 Å². The van der Waals surface area contributed by atoms with E-state index in [9.17, 15) is 9.59 Å². The summed E-state index contributed by atoms with van der Waals surface area (Å²) in [4.78, 5) is 22.2. The smallest absolute Gasteiger partial charge is 0.306 e. The van der Waals surface area contributed by atoms with Crippen LogP contribution >= 0.6 is 0 Å². The van der Waals surface area contributed by atoms with Crippen molar-refractivity contribution in [2.75, 3.05) is 6.61 Å². The number of benzene rings is 1. The van der Waals surface area contributed by atoms with Crippen molar-refractivity contribution in [1.29, 1.82) is 0 Å². The van der Waals surface area contributed by atoms with Crippen molar-refractivity contribution in [1.82, 2.24) is 0 Å². The van der Waals surface area contributed by atoms with Gasteiger partial charge in [0.2, 0.25) is 0 Å². The SMILES string of the molecule is CC(C)(C)OC(=O)CCCCCCCOc1cccc(C=O)c1. The van der Waals surface area contributed by atoms with Gasteiger partial charge in [0.05, 0.1) is 6.61 Å². The maximum Gasteiger partial charge on any atom is 0.306 e. The van der Waals surface area contributed by atoms with Crippen molar-refractivity contribution in [3.05, 3.63) is 29.8 Å². The summed E-state index contributed by atoms with van der Waals surface area (Å²) in [5.41, 5.74) is 0.236. The summed E-state index contributed by atoms with van der Waals surface area (Å²) in [5, 5.41) is 0. The Bertz CT molecular complexity index is 488. The van der Waals surface area contributed by atoms with Crippen LogP contribution in [0.1, 0.15) is 69.7 Å².